The predicted octanol–water partition coefficient (Wildman–Crippen LogP) is 6.73. The molecule has 0 aliphatic heterocycles. The summed E-state index contributed by atoms with van der Waals surface area (Å²) in [6, 6.07) is 42.4. The van der Waals surface area contributed by atoms with Crippen LogP contribution in [-0.4, -0.2) is 10.8 Å². The van der Waals surface area contributed by atoms with Gasteiger partial charge in [-0.05, 0) is 0 Å². The molecule has 0 spiro atoms. The van der Waals surface area contributed by atoms with Gasteiger partial charge in [0.05, 0.1) is 0 Å². The van der Waals surface area contributed by atoms with E-state index in [4.69, 9.17) is 0 Å². The number of aliphatic hydroxyl groups excluding tert-OH is 1. The van der Waals surface area contributed by atoms with Crippen LogP contribution in [0, 0.1) is 0 Å². The Balaban J connectivity index is 2.13. The molecule has 32 heavy (non-hydrogen) atoms. The fourth-order valence-corrected chi connectivity index (χ4v) is 14.2. The Morgan fingerprint density at radius 1 is 0.625 bits per heavy atom. The van der Waals surface area contributed by atoms with Gasteiger partial charge in [0.2, 0.25) is 0 Å². The van der Waals surface area contributed by atoms with Gasteiger partial charge in [-0.1, -0.05) is 0 Å². The van der Waals surface area contributed by atoms with Crippen LogP contribution in [0.3, 0.4) is 0 Å². The minimum atomic E-state index is -3.28. The van der Waals surface area contributed by atoms with Gasteiger partial charge in [0.1, 0.15) is 0 Å². The molecule has 0 heterocycles. The molecule has 1 N–H and O–H groups in total. The zero-order valence-corrected chi connectivity index (χ0v) is 20.9. The number of hydrogen-bond donors (Lipinski definition) is 1. The Bertz CT molecular complexity index is 1020. The van der Waals surface area contributed by atoms with Gasteiger partial charge < -0.3 is 0 Å². The third kappa shape index (κ3) is 3.75. The van der Waals surface area contributed by atoms with E-state index >= 15 is 0 Å². The van der Waals surface area contributed by atoms with Crippen molar-refractivity contribution >= 4 is 36.7 Å². The van der Waals surface area contributed by atoms with E-state index in [1.165, 1.54) is 15.9 Å². The van der Waals surface area contributed by atoms with Crippen LogP contribution in [0.4, 0.5) is 0 Å². The summed E-state index contributed by atoms with van der Waals surface area (Å²) in [7, 11) is 0. The summed E-state index contributed by atoms with van der Waals surface area (Å²) in [5.74, 6) is 0. The second-order valence-corrected chi connectivity index (χ2v) is 17.1. The van der Waals surface area contributed by atoms with Gasteiger partial charge in [-0.15, -0.1) is 0 Å². The van der Waals surface area contributed by atoms with Crippen LogP contribution in [0.2, 0.25) is 0 Å². The van der Waals surface area contributed by atoms with Crippen molar-refractivity contribution in [2.45, 2.75) is 31.5 Å². The molecule has 0 unspecified atom stereocenters. The van der Waals surface area contributed by atoms with Crippen LogP contribution in [-0.2, 0) is 0 Å². The molecule has 0 bridgehead atoms. The van der Waals surface area contributed by atoms with E-state index < -0.39 is 11.4 Å². The van der Waals surface area contributed by atoms with Crippen LogP contribution in [0.1, 0.15) is 31.4 Å². The summed E-state index contributed by atoms with van der Waals surface area (Å²) in [5.41, 5.74) is 0.919. The van der Waals surface area contributed by atoms with Crippen molar-refractivity contribution in [3.63, 3.8) is 0 Å². The second kappa shape index (κ2) is 9.71. The molecule has 4 aromatic carbocycles. The summed E-state index contributed by atoms with van der Waals surface area (Å²) in [6.07, 6.45) is 1.25. The van der Waals surface area contributed by atoms with E-state index in [1.54, 1.807) is 0 Å². The molecule has 3 heteroatoms. The standard InChI is InChI=1S/C29H30BrOP/c1-2-15-28(29(31)24-16-7-3-8-17-24)32(30,25-18-9-4-10-19-25,26-20-11-5-12-21-26)27-22-13-6-14-23-27/h3-14,16-23,28-29,31H,2,15H2,1H3/t28-,29+/m1/s1. The maximum absolute atomic E-state index is 12.0. The molecule has 4 aromatic rings. The quantitative estimate of drug-likeness (QED) is 0.264. The van der Waals surface area contributed by atoms with Gasteiger partial charge in [-0.2, -0.15) is 0 Å². The van der Waals surface area contributed by atoms with E-state index in [0.717, 1.165) is 18.4 Å². The molecular weight excluding hydrogens is 475 g/mol. The molecule has 0 fully saturated rings. The first-order valence-electron chi connectivity index (χ1n) is 11.2. The number of hydrogen-bond acceptors (Lipinski definition) is 1. The van der Waals surface area contributed by atoms with Gasteiger partial charge in [-0.3, -0.25) is 0 Å². The fraction of sp³-hybridized carbons (Fsp3) is 0.172. The number of rotatable bonds is 8. The molecule has 1 nitrogen and oxygen atoms in total. The minimum absolute atomic E-state index is 0.0411. The predicted molar refractivity (Wildman–Crippen MR) is 144 cm³/mol. The second-order valence-electron chi connectivity index (χ2n) is 8.29. The van der Waals surface area contributed by atoms with Gasteiger partial charge in [0.25, 0.3) is 0 Å². The first-order chi connectivity index (χ1) is 15.6. The van der Waals surface area contributed by atoms with Gasteiger partial charge in [0.15, 0.2) is 0 Å². The Morgan fingerprint density at radius 3 is 1.31 bits per heavy atom. The van der Waals surface area contributed by atoms with Crippen LogP contribution < -0.4 is 15.9 Å². The van der Waals surface area contributed by atoms with Gasteiger partial charge in [-0.25, -0.2) is 0 Å². The first kappa shape index (κ1) is 22.9. The number of aliphatic hydroxyl groups is 1. The Hall–Kier alpha value is -2.25. The molecule has 164 valence electrons. The van der Waals surface area contributed by atoms with E-state index in [1.807, 2.05) is 30.3 Å². The zero-order chi connectivity index (χ0) is 22.5. The molecule has 2 atom stereocenters. The maximum atomic E-state index is 12.0. The van der Waals surface area contributed by atoms with Crippen molar-refractivity contribution < 1.29 is 5.11 Å². The fourth-order valence-electron chi connectivity index (χ4n) is 5.01. The van der Waals surface area contributed by atoms with Crippen molar-refractivity contribution in [2.24, 2.45) is 0 Å². The van der Waals surface area contributed by atoms with Crippen LogP contribution in [0.5, 0.6) is 0 Å². The normalized spacial score (nSPS) is 14.8. The van der Waals surface area contributed by atoms with Crippen molar-refractivity contribution in [1.82, 2.24) is 0 Å². The summed E-state index contributed by atoms with van der Waals surface area (Å²) < 4.78 is 0. The van der Waals surface area contributed by atoms with E-state index in [9.17, 15) is 5.11 Å². The number of halogens is 1. The van der Waals surface area contributed by atoms with E-state index in [0.29, 0.717) is 0 Å². The molecule has 0 aromatic heterocycles. The van der Waals surface area contributed by atoms with E-state index in [2.05, 4.69) is 113 Å². The third-order valence-corrected chi connectivity index (χ3v) is 17.5. The van der Waals surface area contributed by atoms with Crippen molar-refractivity contribution in [3.8, 4) is 0 Å². The van der Waals surface area contributed by atoms with Crippen molar-refractivity contribution in [1.29, 1.82) is 0 Å². The summed E-state index contributed by atoms with van der Waals surface area (Å²) in [4.78, 5) is 0. The third-order valence-electron chi connectivity index (χ3n) is 6.50. The van der Waals surface area contributed by atoms with Crippen LogP contribution in [0.25, 0.3) is 0 Å². The molecule has 0 saturated carbocycles. The average molecular weight is 505 g/mol. The van der Waals surface area contributed by atoms with E-state index in [-0.39, 0.29) is 5.66 Å². The Kier molecular flexibility index (Phi) is 6.96. The molecule has 0 aliphatic carbocycles. The molecular formula is C29H30BrOP. The summed E-state index contributed by atoms with van der Waals surface area (Å²) >= 11 is 4.55. The SMILES string of the molecule is CCC[C@H]([C@@H](O)c1ccccc1)P(Br)(c1ccccc1)(c1ccccc1)c1ccccc1. The molecule has 0 aliphatic rings. The molecule has 4 rings (SSSR count). The Morgan fingerprint density at radius 2 is 0.969 bits per heavy atom. The Labute approximate surface area is 199 Å². The van der Waals surface area contributed by atoms with Crippen LogP contribution >= 0.6 is 20.8 Å². The van der Waals surface area contributed by atoms with Crippen molar-refractivity contribution in [2.75, 3.05) is 0 Å². The zero-order valence-electron chi connectivity index (χ0n) is 18.4. The van der Waals surface area contributed by atoms with Gasteiger partial charge in [0, 0.05) is 0 Å². The monoisotopic (exact) mass is 504 g/mol. The molecule has 0 amide bonds. The summed E-state index contributed by atoms with van der Waals surface area (Å²) in [5, 5.41) is 12.4. The summed E-state index contributed by atoms with van der Waals surface area (Å²) in [6.45, 7) is 2.21. The number of benzene rings is 4. The van der Waals surface area contributed by atoms with Gasteiger partial charge >= 0.3 is 200 Å². The molecule has 0 saturated heterocycles. The van der Waals surface area contributed by atoms with Crippen molar-refractivity contribution in [3.05, 3.63) is 127 Å². The molecule has 0 radical (unpaired) electrons. The first-order valence-corrected chi connectivity index (χ1v) is 15.6. The average Bonchev–Trinajstić information content (AvgIpc) is 2.88. The van der Waals surface area contributed by atoms with Crippen LogP contribution in [0.15, 0.2) is 121 Å². The topological polar surface area (TPSA) is 20.2 Å².